The number of hydrogen-bond acceptors (Lipinski definition) is 3. The second-order valence-electron chi connectivity index (χ2n) is 3.99. The number of hydrogen-bond donors (Lipinski definition) is 1. The van der Waals surface area contributed by atoms with Gasteiger partial charge in [-0.25, -0.2) is 9.67 Å². The minimum atomic E-state index is 0.451. The highest BCUT2D eigenvalue weighted by Gasteiger charge is 2.05. The van der Waals surface area contributed by atoms with Crippen LogP contribution in [0.5, 0.6) is 0 Å². The molecule has 0 aliphatic heterocycles. The van der Waals surface area contributed by atoms with Crippen LogP contribution in [0.25, 0.3) is 5.69 Å². The summed E-state index contributed by atoms with van der Waals surface area (Å²) >= 11 is 0. The maximum absolute atomic E-state index is 4.52. The molecule has 0 aromatic carbocycles. The third-order valence-corrected chi connectivity index (χ3v) is 2.47. The molecular formula is C12H16N4. The molecule has 0 fully saturated rings. The molecule has 0 aliphatic carbocycles. The van der Waals surface area contributed by atoms with E-state index in [9.17, 15) is 0 Å². The van der Waals surface area contributed by atoms with Crippen molar-refractivity contribution >= 4 is 5.82 Å². The number of aromatic nitrogens is 3. The SMILES string of the molecule is CNc1cc(-n2ccc(C(C)C)n2)ccn1. The van der Waals surface area contributed by atoms with Gasteiger partial charge in [-0.15, -0.1) is 0 Å². The first-order chi connectivity index (χ1) is 7.70. The van der Waals surface area contributed by atoms with Gasteiger partial charge in [-0.3, -0.25) is 0 Å². The van der Waals surface area contributed by atoms with Gasteiger partial charge in [0, 0.05) is 25.5 Å². The largest absolute Gasteiger partial charge is 0.373 e. The lowest BCUT2D eigenvalue weighted by molar-refractivity contribution is 0.768. The lowest BCUT2D eigenvalue weighted by Crippen LogP contribution is -1.99. The van der Waals surface area contributed by atoms with Crippen molar-refractivity contribution in [2.24, 2.45) is 0 Å². The fourth-order valence-corrected chi connectivity index (χ4v) is 1.49. The molecule has 84 valence electrons. The zero-order valence-electron chi connectivity index (χ0n) is 9.81. The molecular weight excluding hydrogens is 200 g/mol. The molecule has 16 heavy (non-hydrogen) atoms. The molecule has 0 bridgehead atoms. The molecule has 2 rings (SSSR count). The van der Waals surface area contributed by atoms with Gasteiger partial charge in [0.25, 0.3) is 0 Å². The summed E-state index contributed by atoms with van der Waals surface area (Å²) in [4.78, 5) is 4.17. The Morgan fingerprint density at radius 2 is 2.12 bits per heavy atom. The summed E-state index contributed by atoms with van der Waals surface area (Å²) in [5.41, 5.74) is 2.12. The van der Waals surface area contributed by atoms with Gasteiger partial charge in [0.05, 0.1) is 11.4 Å². The van der Waals surface area contributed by atoms with E-state index in [0.717, 1.165) is 17.2 Å². The number of pyridine rings is 1. The highest BCUT2D eigenvalue weighted by atomic mass is 15.3. The van der Waals surface area contributed by atoms with Crippen LogP contribution in [0.2, 0.25) is 0 Å². The first-order valence-corrected chi connectivity index (χ1v) is 5.40. The fourth-order valence-electron chi connectivity index (χ4n) is 1.49. The molecule has 2 aromatic rings. The Hall–Kier alpha value is -1.84. The monoisotopic (exact) mass is 216 g/mol. The normalized spacial score (nSPS) is 10.8. The zero-order valence-corrected chi connectivity index (χ0v) is 9.81. The Kier molecular flexibility index (Phi) is 2.90. The van der Waals surface area contributed by atoms with E-state index >= 15 is 0 Å². The van der Waals surface area contributed by atoms with Gasteiger partial charge in [0.2, 0.25) is 0 Å². The van der Waals surface area contributed by atoms with Crippen molar-refractivity contribution in [2.75, 3.05) is 12.4 Å². The van der Waals surface area contributed by atoms with Gasteiger partial charge in [0.1, 0.15) is 5.82 Å². The van der Waals surface area contributed by atoms with Crippen LogP contribution in [-0.2, 0) is 0 Å². The maximum atomic E-state index is 4.52. The smallest absolute Gasteiger partial charge is 0.127 e. The number of anilines is 1. The average Bonchev–Trinajstić information content (AvgIpc) is 2.78. The van der Waals surface area contributed by atoms with Gasteiger partial charge in [-0.1, -0.05) is 13.8 Å². The molecule has 0 saturated carbocycles. The van der Waals surface area contributed by atoms with Crippen LogP contribution in [0.15, 0.2) is 30.6 Å². The Morgan fingerprint density at radius 3 is 2.75 bits per heavy atom. The summed E-state index contributed by atoms with van der Waals surface area (Å²) < 4.78 is 1.87. The van der Waals surface area contributed by atoms with Crippen LogP contribution in [0, 0.1) is 0 Å². The number of nitrogens with zero attached hydrogens (tertiary/aromatic N) is 3. The van der Waals surface area contributed by atoms with Crippen molar-refractivity contribution in [3.05, 3.63) is 36.3 Å². The fraction of sp³-hybridized carbons (Fsp3) is 0.333. The summed E-state index contributed by atoms with van der Waals surface area (Å²) in [6.45, 7) is 4.27. The van der Waals surface area contributed by atoms with Crippen LogP contribution >= 0.6 is 0 Å². The van der Waals surface area contributed by atoms with Crippen molar-refractivity contribution in [3.8, 4) is 5.69 Å². The van der Waals surface area contributed by atoms with Gasteiger partial charge in [-0.05, 0) is 18.1 Å². The predicted molar refractivity (Wildman–Crippen MR) is 65.0 cm³/mol. The van der Waals surface area contributed by atoms with Crippen LogP contribution < -0.4 is 5.32 Å². The molecule has 0 unspecified atom stereocenters. The Balaban J connectivity index is 2.34. The van der Waals surface area contributed by atoms with E-state index in [0.29, 0.717) is 5.92 Å². The van der Waals surface area contributed by atoms with Crippen LogP contribution in [-0.4, -0.2) is 21.8 Å². The van der Waals surface area contributed by atoms with E-state index in [1.54, 1.807) is 6.20 Å². The lowest BCUT2D eigenvalue weighted by Gasteiger charge is -2.04. The van der Waals surface area contributed by atoms with E-state index in [2.05, 4.69) is 29.2 Å². The summed E-state index contributed by atoms with van der Waals surface area (Å²) in [7, 11) is 1.86. The molecule has 4 nitrogen and oxygen atoms in total. The molecule has 4 heteroatoms. The molecule has 1 N–H and O–H groups in total. The lowest BCUT2D eigenvalue weighted by atomic mass is 10.1. The predicted octanol–water partition coefficient (Wildman–Crippen LogP) is 2.43. The summed E-state index contributed by atoms with van der Waals surface area (Å²) in [6.07, 6.45) is 3.75. The van der Waals surface area contributed by atoms with E-state index < -0.39 is 0 Å². The molecule has 2 heterocycles. The zero-order chi connectivity index (χ0) is 11.5. The highest BCUT2D eigenvalue weighted by Crippen LogP contribution is 2.15. The molecule has 0 atom stereocenters. The van der Waals surface area contributed by atoms with Crippen LogP contribution in [0.4, 0.5) is 5.82 Å². The van der Waals surface area contributed by atoms with Gasteiger partial charge in [-0.2, -0.15) is 5.10 Å². The molecule has 0 amide bonds. The van der Waals surface area contributed by atoms with E-state index in [1.165, 1.54) is 0 Å². The molecule has 0 spiro atoms. The van der Waals surface area contributed by atoms with Gasteiger partial charge in [0.15, 0.2) is 0 Å². The summed E-state index contributed by atoms with van der Waals surface area (Å²) in [5, 5.41) is 7.53. The first-order valence-electron chi connectivity index (χ1n) is 5.40. The van der Waals surface area contributed by atoms with Crippen LogP contribution in [0.1, 0.15) is 25.5 Å². The van der Waals surface area contributed by atoms with Crippen molar-refractivity contribution in [3.63, 3.8) is 0 Å². The second-order valence-corrected chi connectivity index (χ2v) is 3.99. The second kappa shape index (κ2) is 4.35. The van der Waals surface area contributed by atoms with E-state index in [1.807, 2.05) is 36.1 Å². The molecule has 0 saturated heterocycles. The van der Waals surface area contributed by atoms with Crippen molar-refractivity contribution in [1.82, 2.24) is 14.8 Å². The number of nitrogens with one attached hydrogen (secondary N) is 1. The Morgan fingerprint density at radius 1 is 1.31 bits per heavy atom. The maximum Gasteiger partial charge on any atom is 0.127 e. The number of rotatable bonds is 3. The molecule has 0 aliphatic rings. The van der Waals surface area contributed by atoms with Crippen molar-refractivity contribution in [1.29, 1.82) is 0 Å². The first kappa shape index (κ1) is 10.7. The summed E-state index contributed by atoms with van der Waals surface area (Å²) in [5.74, 6) is 1.30. The third-order valence-electron chi connectivity index (χ3n) is 2.47. The van der Waals surface area contributed by atoms with Crippen molar-refractivity contribution in [2.45, 2.75) is 19.8 Å². The standard InChI is InChI=1S/C12H16N4/c1-9(2)11-5-7-16(15-11)10-4-6-14-12(8-10)13-3/h4-9H,1-3H3,(H,13,14). The summed E-state index contributed by atoms with van der Waals surface area (Å²) in [6, 6.07) is 5.96. The minimum absolute atomic E-state index is 0.451. The van der Waals surface area contributed by atoms with E-state index in [-0.39, 0.29) is 0 Å². The minimum Gasteiger partial charge on any atom is -0.373 e. The highest BCUT2D eigenvalue weighted by molar-refractivity contribution is 5.43. The van der Waals surface area contributed by atoms with Crippen LogP contribution in [0.3, 0.4) is 0 Å². The average molecular weight is 216 g/mol. The van der Waals surface area contributed by atoms with Gasteiger partial charge < -0.3 is 5.32 Å². The quantitative estimate of drug-likeness (QED) is 0.856. The molecule has 2 aromatic heterocycles. The Bertz CT molecular complexity index is 473. The Labute approximate surface area is 95.3 Å². The third kappa shape index (κ3) is 2.05. The topological polar surface area (TPSA) is 42.7 Å². The molecule has 0 radical (unpaired) electrons. The van der Waals surface area contributed by atoms with E-state index in [4.69, 9.17) is 0 Å². The van der Waals surface area contributed by atoms with Gasteiger partial charge >= 0.3 is 0 Å². The van der Waals surface area contributed by atoms with Crippen molar-refractivity contribution < 1.29 is 0 Å².